The molecule has 0 spiro atoms. The number of hydrogen-bond donors (Lipinski definition) is 0. The lowest BCUT2D eigenvalue weighted by Crippen LogP contribution is -2.30. The fourth-order valence-electron chi connectivity index (χ4n) is 2.06. The van der Waals surface area contributed by atoms with Crippen molar-refractivity contribution in [2.45, 2.75) is 39.5 Å². The molecule has 1 aromatic rings. The van der Waals surface area contributed by atoms with E-state index in [9.17, 15) is 9.59 Å². The number of benzene rings is 1. The summed E-state index contributed by atoms with van der Waals surface area (Å²) in [7, 11) is 1.84. The minimum atomic E-state index is 0.114. The Balaban J connectivity index is 2.30. The van der Waals surface area contributed by atoms with Crippen molar-refractivity contribution in [2.75, 3.05) is 13.6 Å². The van der Waals surface area contributed by atoms with E-state index in [4.69, 9.17) is 0 Å². The van der Waals surface area contributed by atoms with Crippen molar-refractivity contribution in [1.82, 2.24) is 4.90 Å². The lowest BCUT2D eigenvalue weighted by atomic mass is 10.0. The minimum Gasteiger partial charge on any atom is -0.345 e. The maximum atomic E-state index is 11.9. The second-order valence-electron chi connectivity index (χ2n) is 5.43. The Bertz CT molecular complexity index is 428. The van der Waals surface area contributed by atoms with E-state index >= 15 is 0 Å². The summed E-state index contributed by atoms with van der Waals surface area (Å²) in [6.45, 7) is 5.06. The molecule has 0 aliphatic carbocycles. The van der Waals surface area contributed by atoms with Crippen LogP contribution in [0, 0.1) is 5.92 Å². The third-order valence-electron chi connectivity index (χ3n) is 3.60. The second-order valence-corrected chi connectivity index (χ2v) is 5.43. The van der Waals surface area contributed by atoms with Crippen LogP contribution < -0.4 is 0 Å². The molecule has 0 saturated heterocycles. The van der Waals surface area contributed by atoms with Gasteiger partial charge in [0.15, 0.2) is 5.78 Å². The highest BCUT2D eigenvalue weighted by Crippen LogP contribution is 2.09. The normalized spacial score (nSPS) is 11.9. The molecule has 0 unspecified atom stereocenters. The Morgan fingerprint density at radius 3 is 2.40 bits per heavy atom. The summed E-state index contributed by atoms with van der Waals surface area (Å²) in [6.07, 6.45) is 2.58. The first kappa shape index (κ1) is 16.4. The van der Waals surface area contributed by atoms with Crippen LogP contribution in [0.15, 0.2) is 30.3 Å². The number of carbonyl (C=O) groups is 2. The molecule has 0 heterocycles. The van der Waals surface area contributed by atoms with E-state index in [2.05, 4.69) is 13.8 Å². The van der Waals surface area contributed by atoms with Gasteiger partial charge in [0, 0.05) is 32.0 Å². The van der Waals surface area contributed by atoms with Gasteiger partial charge in [0.05, 0.1) is 0 Å². The molecule has 1 amide bonds. The first-order valence-electron chi connectivity index (χ1n) is 7.36. The van der Waals surface area contributed by atoms with Gasteiger partial charge in [-0.1, -0.05) is 50.6 Å². The van der Waals surface area contributed by atoms with Crippen LogP contribution in [0.1, 0.15) is 49.9 Å². The summed E-state index contributed by atoms with van der Waals surface area (Å²) < 4.78 is 0. The Kier molecular flexibility index (Phi) is 6.99. The highest BCUT2D eigenvalue weighted by Gasteiger charge is 2.12. The van der Waals surface area contributed by atoms with Crippen molar-refractivity contribution in [3.63, 3.8) is 0 Å². The van der Waals surface area contributed by atoms with Crippen molar-refractivity contribution in [3.8, 4) is 0 Å². The van der Waals surface area contributed by atoms with Crippen molar-refractivity contribution >= 4 is 11.7 Å². The summed E-state index contributed by atoms with van der Waals surface area (Å²) in [5.74, 6) is 0.768. The highest BCUT2D eigenvalue weighted by molar-refractivity contribution is 5.96. The quantitative estimate of drug-likeness (QED) is 0.680. The van der Waals surface area contributed by atoms with Gasteiger partial charge >= 0.3 is 0 Å². The summed E-state index contributed by atoms with van der Waals surface area (Å²) in [5.41, 5.74) is 0.730. The van der Waals surface area contributed by atoms with Crippen LogP contribution in [-0.4, -0.2) is 30.2 Å². The summed E-state index contributed by atoms with van der Waals surface area (Å²) in [4.78, 5) is 25.6. The fraction of sp³-hybridized carbons (Fsp3) is 0.529. The van der Waals surface area contributed by atoms with Gasteiger partial charge in [-0.05, 0) is 12.3 Å². The Morgan fingerprint density at radius 2 is 1.80 bits per heavy atom. The molecule has 1 atom stereocenters. The SMILES string of the molecule is CC[C@H](C)CN(C)C(=O)CCCC(=O)c1ccccc1. The average Bonchev–Trinajstić information content (AvgIpc) is 2.47. The fourth-order valence-corrected chi connectivity index (χ4v) is 2.06. The molecular weight excluding hydrogens is 250 g/mol. The lowest BCUT2D eigenvalue weighted by molar-refractivity contribution is -0.130. The third kappa shape index (κ3) is 5.55. The molecule has 20 heavy (non-hydrogen) atoms. The van der Waals surface area contributed by atoms with Gasteiger partial charge in [-0.25, -0.2) is 0 Å². The number of Topliss-reactive ketones (excluding diaryl/α,β-unsaturated/α-hetero) is 1. The molecule has 110 valence electrons. The molecule has 0 aromatic heterocycles. The molecule has 0 bridgehead atoms. The van der Waals surface area contributed by atoms with Crippen LogP contribution in [0.4, 0.5) is 0 Å². The average molecular weight is 275 g/mol. The van der Waals surface area contributed by atoms with Crippen LogP contribution in [0.5, 0.6) is 0 Å². The van der Waals surface area contributed by atoms with Gasteiger partial charge in [0.1, 0.15) is 0 Å². The molecule has 0 N–H and O–H groups in total. The monoisotopic (exact) mass is 275 g/mol. The highest BCUT2D eigenvalue weighted by atomic mass is 16.2. The zero-order valence-corrected chi connectivity index (χ0v) is 12.8. The lowest BCUT2D eigenvalue weighted by Gasteiger charge is -2.20. The first-order chi connectivity index (χ1) is 9.54. The van der Waals surface area contributed by atoms with Gasteiger partial charge in [-0.2, -0.15) is 0 Å². The molecule has 0 radical (unpaired) electrons. The number of carbonyl (C=O) groups excluding carboxylic acids is 2. The van der Waals surface area contributed by atoms with E-state index in [0.29, 0.717) is 25.2 Å². The predicted octanol–water partition coefficient (Wildman–Crippen LogP) is 3.54. The number of ketones is 1. The minimum absolute atomic E-state index is 0.114. The molecular formula is C17H25NO2. The molecule has 3 nitrogen and oxygen atoms in total. The van der Waals surface area contributed by atoms with Crippen LogP contribution in [-0.2, 0) is 4.79 Å². The number of nitrogens with zero attached hydrogens (tertiary/aromatic N) is 1. The van der Waals surface area contributed by atoms with Crippen molar-refractivity contribution in [1.29, 1.82) is 0 Å². The van der Waals surface area contributed by atoms with Crippen molar-refractivity contribution < 1.29 is 9.59 Å². The second kappa shape index (κ2) is 8.51. The predicted molar refractivity (Wildman–Crippen MR) is 81.7 cm³/mol. The van der Waals surface area contributed by atoms with Gasteiger partial charge in [-0.15, -0.1) is 0 Å². The zero-order valence-electron chi connectivity index (χ0n) is 12.8. The van der Waals surface area contributed by atoms with Gasteiger partial charge in [0.2, 0.25) is 5.91 Å². The van der Waals surface area contributed by atoms with Crippen LogP contribution in [0.25, 0.3) is 0 Å². The molecule has 3 heteroatoms. The Labute approximate surface area is 122 Å². The summed E-state index contributed by atoms with van der Waals surface area (Å²) in [6, 6.07) is 9.25. The number of amides is 1. The maximum Gasteiger partial charge on any atom is 0.222 e. The third-order valence-corrected chi connectivity index (χ3v) is 3.60. The largest absolute Gasteiger partial charge is 0.345 e. The van der Waals surface area contributed by atoms with Crippen LogP contribution >= 0.6 is 0 Å². The topological polar surface area (TPSA) is 37.4 Å². The maximum absolute atomic E-state index is 11.9. The van der Waals surface area contributed by atoms with Crippen LogP contribution in [0.2, 0.25) is 0 Å². The van der Waals surface area contributed by atoms with E-state index in [0.717, 1.165) is 18.5 Å². The zero-order chi connectivity index (χ0) is 15.0. The van der Waals surface area contributed by atoms with Crippen molar-refractivity contribution in [2.24, 2.45) is 5.92 Å². The van der Waals surface area contributed by atoms with E-state index in [-0.39, 0.29) is 11.7 Å². The van der Waals surface area contributed by atoms with Crippen LogP contribution in [0.3, 0.4) is 0 Å². The van der Waals surface area contributed by atoms with E-state index in [1.54, 1.807) is 4.90 Å². The molecule has 0 saturated carbocycles. The van der Waals surface area contributed by atoms with Gasteiger partial charge in [-0.3, -0.25) is 9.59 Å². The summed E-state index contributed by atoms with van der Waals surface area (Å²) in [5, 5.41) is 0. The molecule has 0 aliphatic heterocycles. The molecule has 0 fully saturated rings. The van der Waals surface area contributed by atoms with Gasteiger partial charge < -0.3 is 4.90 Å². The smallest absolute Gasteiger partial charge is 0.222 e. The molecule has 0 aliphatic rings. The van der Waals surface area contributed by atoms with E-state index in [1.165, 1.54) is 0 Å². The number of rotatable bonds is 8. The standard InChI is InChI=1S/C17H25NO2/c1-4-14(2)13-18(3)17(20)12-8-11-16(19)15-9-6-5-7-10-15/h5-7,9-10,14H,4,8,11-13H2,1-3H3/t14-/m0/s1. The summed E-state index contributed by atoms with van der Waals surface area (Å²) >= 11 is 0. The Hall–Kier alpha value is -1.64. The van der Waals surface area contributed by atoms with Gasteiger partial charge in [0.25, 0.3) is 0 Å². The molecule has 1 aromatic carbocycles. The van der Waals surface area contributed by atoms with E-state index in [1.807, 2.05) is 37.4 Å². The Morgan fingerprint density at radius 1 is 1.15 bits per heavy atom. The van der Waals surface area contributed by atoms with Crippen molar-refractivity contribution in [3.05, 3.63) is 35.9 Å². The number of hydrogen-bond acceptors (Lipinski definition) is 2. The first-order valence-corrected chi connectivity index (χ1v) is 7.36. The van der Waals surface area contributed by atoms with E-state index < -0.39 is 0 Å². The molecule has 1 rings (SSSR count).